The molecule has 1 amide bonds. The van der Waals surface area contributed by atoms with Crippen LogP contribution in [0.3, 0.4) is 0 Å². The van der Waals surface area contributed by atoms with Crippen LogP contribution in [0.25, 0.3) is 0 Å². The Morgan fingerprint density at radius 2 is 2.33 bits per heavy atom. The number of carbonyl (C=O) groups is 1. The molecule has 3 rings (SSSR count). The predicted octanol–water partition coefficient (Wildman–Crippen LogP) is 2.67. The number of nitrogens with zero attached hydrogens (tertiary/aromatic N) is 2. The molecule has 2 aromatic heterocycles. The first-order chi connectivity index (χ1) is 10.2. The van der Waals surface area contributed by atoms with E-state index in [4.69, 9.17) is 4.74 Å². The molecule has 0 bridgehead atoms. The van der Waals surface area contributed by atoms with Gasteiger partial charge in [-0.25, -0.2) is 4.98 Å². The van der Waals surface area contributed by atoms with Crippen molar-refractivity contribution in [3.05, 3.63) is 46.3 Å². The van der Waals surface area contributed by atoms with Gasteiger partial charge in [-0.3, -0.25) is 4.79 Å². The van der Waals surface area contributed by atoms with Crippen LogP contribution in [0.2, 0.25) is 0 Å². The minimum atomic E-state index is 0.0478. The molecule has 0 radical (unpaired) electrons. The zero-order valence-electron chi connectivity index (χ0n) is 12.0. The van der Waals surface area contributed by atoms with Crippen molar-refractivity contribution in [1.82, 2.24) is 9.88 Å². The molecule has 1 saturated heterocycles. The quantitative estimate of drug-likeness (QED) is 0.872. The van der Waals surface area contributed by atoms with E-state index in [-0.39, 0.29) is 12.0 Å². The smallest absolute Gasteiger partial charge is 0.227 e. The second kappa shape index (κ2) is 6.26. The molecular weight excluding hydrogens is 284 g/mol. The predicted molar refractivity (Wildman–Crippen MR) is 82.6 cm³/mol. The molecule has 21 heavy (non-hydrogen) atoms. The van der Waals surface area contributed by atoms with Crippen molar-refractivity contribution in [3.8, 4) is 5.88 Å². The van der Waals surface area contributed by atoms with Gasteiger partial charge >= 0.3 is 0 Å². The van der Waals surface area contributed by atoms with Crippen molar-refractivity contribution in [3.63, 3.8) is 0 Å². The summed E-state index contributed by atoms with van der Waals surface area (Å²) < 4.78 is 5.87. The maximum atomic E-state index is 12.2. The van der Waals surface area contributed by atoms with Crippen LogP contribution in [-0.2, 0) is 11.2 Å². The summed E-state index contributed by atoms with van der Waals surface area (Å²) in [6, 6.07) is 9.73. The Bertz CT molecular complexity index is 612. The highest BCUT2D eigenvalue weighted by atomic mass is 32.1. The Labute approximate surface area is 128 Å². The summed E-state index contributed by atoms with van der Waals surface area (Å²) in [6.07, 6.45) is 1.41. The molecule has 0 spiro atoms. The molecule has 110 valence electrons. The summed E-state index contributed by atoms with van der Waals surface area (Å²) in [7, 11) is 0. The van der Waals surface area contributed by atoms with E-state index >= 15 is 0 Å². The molecule has 0 N–H and O–H groups in total. The number of amides is 1. The van der Waals surface area contributed by atoms with Gasteiger partial charge in [0, 0.05) is 29.6 Å². The topological polar surface area (TPSA) is 42.4 Å². The van der Waals surface area contributed by atoms with Gasteiger partial charge in [-0.2, -0.15) is 0 Å². The molecule has 1 fully saturated rings. The molecule has 5 heteroatoms. The molecule has 1 aliphatic rings. The number of likely N-dealkylation sites (tertiary alicyclic amines) is 1. The van der Waals surface area contributed by atoms with Crippen LogP contribution in [0.5, 0.6) is 5.88 Å². The van der Waals surface area contributed by atoms with Crippen molar-refractivity contribution in [2.75, 3.05) is 13.1 Å². The van der Waals surface area contributed by atoms with E-state index in [1.54, 1.807) is 11.3 Å². The van der Waals surface area contributed by atoms with Gasteiger partial charge in [-0.1, -0.05) is 12.1 Å². The maximum absolute atomic E-state index is 12.2. The Morgan fingerprint density at radius 3 is 3.10 bits per heavy atom. The fraction of sp³-hybridized carbons (Fsp3) is 0.375. The van der Waals surface area contributed by atoms with Crippen molar-refractivity contribution >= 4 is 17.2 Å². The normalized spacial score (nSPS) is 18.0. The summed E-state index contributed by atoms with van der Waals surface area (Å²) in [4.78, 5) is 19.6. The largest absolute Gasteiger partial charge is 0.472 e. The second-order valence-corrected chi connectivity index (χ2v) is 6.27. The third kappa shape index (κ3) is 3.61. The van der Waals surface area contributed by atoms with Gasteiger partial charge in [0.2, 0.25) is 11.8 Å². The van der Waals surface area contributed by atoms with E-state index in [1.807, 2.05) is 47.5 Å². The van der Waals surface area contributed by atoms with Crippen LogP contribution in [0.1, 0.15) is 17.0 Å². The highest BCUT2D eigenvalue weighted by Crippen LogP contribution is 2.18. The van der Waals surface area contributed by atoms with Crippen LogP contribution in [0.4, 0.5) is 0 Å². The zero-order valence-corrected chi connectivity index (χ0v) is 12.8. The monoisotopic (exact) mass is 302 g/mol. The number of ether oxygens (including phenoxy) is 1. The van der Waals surface area contributed by atoms with Crippen molar-refractivity contribution in [1.29, 1.82) is 0 Å². The van der Waals surface area contributed by atoms with Crippen LogP contribution in [-0.4, -0.2) is 35.0 Å². The molecule has 1 aliphatic heterocycles. The molecule has 3 heterocycles. The fourth-order valence-electron chi connectivity index (χ4n) is 2.48. The lowest BCUT2D eigenvalue weighted by molar-refractivity contribution is -0.129. The van der Waals surface area contributed by atoms with Crippen molar-refractivity contribution < 1.29 is 9.53 Å². The summed E-state index contributed by atoms with van der Waals surface area (Å²) in [5, 5.41) is 2.00. The van der Waals surface area contributed by atoms with Crippen LogP contribution < -0.4 is 4.74 Å². The summed E-state index contributed by atoms with van der Waals surface area (Å²) in [6.45, 7) is 3.36. The first-order valence-electron chi connectivity index (χ1n) is 7.11. The molecule has 0 aliphatic carbocycles. The van der Waals surface area contributed by atoms with Gasteiger partial charge in [0.1, 0.15) is 6.10 Å². The average molecular weight is 302 g/mol. The molecule has 1 unspecified atom stereocenters. The summed E-state index contributed by atoms with van der Waals surface area (Å²) in [5.74, 6) is 0.827. The van der Waals surface area contributed by atoms with E-state index < -0.39 is 0 Å². The van der Waals surface area contributed by atoms with Gasteiger partial charge in [-0.15, -0.1) is 11.3 Å². The van der Waals surface area contributed by atoms with Gasteiger partial charge in [-0.05, 0) is 24.4 Å². The highest BCUT2D eigenvalue weighted by Gasteiger charge is 2.27. The lowest BCUT2D eigenvalue weighted by Crippen LogP contribution is -2.32. The number of rotatable bonds is 4. The van der Waals surface area contributed by atoms with Gasteiger partial charge in [0.15, 0.2) is 0 Å². The number of pyridine rings is 1. The zero-order chi connectivity index (χ0) is 14.7. The third-order valence-corrected chi connectivity index (χ3v) is 4.43. The van der Waals surface area contributed by atoms with E-state index in [9.17, 15) is 4.79 Å². The lowest BCUT2D eigenvalue weighted by Gasteiger charge is -2.16. The Hall–Kier alpha value is -1.88. The van der Waals surface area contributed by atoms with Gasteiger partial charge in [0.05, 0.1) is 13.0 Å². The summed E-state index contributed by atoms with van der Waals surface area (Å²) >= 11 is 1.63. The SMILES string of the molecule is Cc1cccc(OC2CCN(C(=O)Cc3cccs3)C2)n1. The average Bonchev–Trinajstić information content (AvgIpc) is 3.10. The van der Waals surface area contributed by atoms with Crippen LogP contribution >= 0.6 is 11.3 Å². The van der Waals surface area contributed by atoms with E-state index in [0.717, 1.165) is 23.5 Å². The molecule has 1 atom stereocenters. The number of thiophene rings is 1. The van der Waals surface area contributed by atoms with Gasteiger partial charge in [0.25, 0.3) is 0 Å². The van der Waals surface area contributed by atoms with Gasteiger partial charge < -0.3 is 9.64 Å². The third-order valence-electron chi connectivity index (χ3n) is 3.55. The molecule has 0 saturated carbocycles. The maximum Gasteiger partial charge on any atom is 0.227 e. The van der Waals surface area contributed by atoms with Crippen molar-refractivity contribution in [2.24, 2.45) is 0 Å². The van der Waals surface area contributed by atoms with Crippen molar-refractivity contribution in [2.45, 2.75) is 25.9 Å². The van der Waals surface area contributed by atoms with Crippen LogP contribution in [0, 0.1) is 6.92 Å². The first kappa shape index (κ1) is 14.1. The van der Waals surface area contributed by atoms with E-state index in [1.165, 1.54) is 0 Å². The van der Waals surface area contributed by atoms with E-state index in [2.05, 4.69) is 4.98 Å². The minimum absolute atomic E-state index is 0.0478. The number of hydrogen-bond donors (Lipinski definition) is 0. The number of aryl methyl sites for hydroxylation is 1. The highest BCUT2D eigenvalue weighted by molar-refractivity contribution is 7.10. The number of carbonyl (C=O) groups excluding carboxylic acids is 1. The summed E-state index contributed by atoms with van der Waals surface area (Å²) in [5.41, 5.74) is 0.941. The number of hydrogen-bond acceptors (Lipinski definition) is 4. The molecule has 4 nitrogen and oxygen atoms in total. The van der Waals surface area contributed by atoms with Crippen LogP contribution in [0.15, 0.2) is 35.7 Å². The Balaban J connectivity index is 1.54. The van der Waals surface area contributed by atoms with E-state index in [0.29, 0.717) is 18.8 Å². The minimum Gasteiger partial charge on any atom is -0.472 e. The Morgan fingerprint density at radius 1 is 1.43 bits per heavy atom. The molecule has 0 aromatic carbocycles. The fourth-order valence-corrected chi connectivity index (χ4v) is 3.18. The standard InChI is InChI=1S/C16H18N2O2S/c1-12-4-2-6-15(17-12)20-13-7-8-18(11-13)16(19)10-14-5-3-9-21-14/h2-6,9,13H,7-8,10-11H2,1H3. The molecular formula is C16H18N2O2S. The Kier molecular flexibility index (Phi) is 4.20. The number of aromatic nitrogens is 1. The molecule has 2 aromatic rings. The lowest BCUT2D eigenvalue weighted by atomic mass is 10.3. The first-order valence-corrected chi connectivity index (χ1v) is 7.99. The second-order valence-electron chi connectivity index (χ2n) is 5.24.